The van der Waals surface area contributed by atoms with Gasteiger partial charge in [-0.25, -0.2) is 19.4 Å². The summed E-state index contributed by atoms with van der Waals surface area (Å²) in [4.78, 5) is 17.7. The van der Waals surface area contributed by atoms with Crippen LogP contribution in [-0.4, -0.2) is 66.6 Å². The van der Waals surface area contributed by atoms with Crippen molar-refractivity contribution in [1.29, 1.82) is 0 Å². The molecular weight excluding hydrogens is 484 g/mol. The molecule has 3 rings (SSSR count). The Balaban J connectivity index is 0.00000300. The second-order valence-electron chi connectivity index (χ2n) is 6.59. The third-order valence-electron chi connectivity index (χ3n) is 4.64. The van der Waals surface area contributed by atoms with E-state index in [1.165, 1.54) is 6.07 Å². The van der Waals surface area contributed by atoms with Gasteiger partial charge in [-0.1, -0.05) is 18.2 Å². The summed E-state index contributed by atoms with van der Waals surface area (Å²) in [7, 11) is 0. The molecule has 0 saturated carbocycles. The lowest BCUT2D eigenvalue weighted by atomic mass is 10.2. The summed E-state index contributed by atoms with van der Waals surface area (Å²) in [5.74, 6) is 1.29. The molecule has 1 aliphatic rings. The van der Waals surface area contributed by atoms with Gasteiger partial charge in [-0.05, 0) is 19.1 Å². The maximum atomic E-state index is 13.7. The van der Waals surface area contributed by atoms with Gasteiger partial charge in [-0.15, -0.1) is 24.0 Å². The second-order valence-corrected chi connectivity index (χ2v) is 6.59. The number of nitrogens with one attached hydrogen (secondary N) is 2. The number of hydrogen-bond acceptors (Lipinski definition) is 5. The number of aliphatic imine (C=N–C) groups is 1. The molecule has 9 heteroatoms. The van der Waals surface area contributed by atoms with Crippen molar-refractivity contribution in [3.8, 4) is 0 Å². The molecule has 1 aromatic carbocycles. The predicted molar refractivity (Wildman–Crippen MR) is 125 cm³/mol. The van der Waals surface area contributed by atoms with E-state index >= 15 is 0 Å². The van der Waals surface area contributed by atoms with Gasteiger partial charge in [0.15, 0.2) is 5.96 Å². The minimum Gasteiger partial charge on any atom is -0.357 e. The van der Waals surface area contributed by atoms with Crippen LogP contribution in [0.5, 0.6) is 0 Å². The van der Waals surface area contributed by atoms with E-state index in [9.17, 15) is 4.39 Å². The molecule has 1 saturated heterocycles. The smallest absolute Gasteiger partial charge is 0.225 e. The topological polar surface area (TPSA) is 68.7 Å². The predicted octanol–water partition coefficient (Wildman–Crippen LogP) is 2.11. The van der Waals surface area contributed by atoms with Crippen molar-refractivity contribution in [2.45, 2.75) is 13.5 Å². The third-order valence-corrected chi connectivity index (χ3v) is 4.64. The SMILES string of the molecule is CCNC(=NCc1ccccc1F)NCCN1CCN(c2ncccn2)CC1.I. The van der Waals surface area contributed by atoms with E-state index < -0.39 is 0 Å². The van der Waals surface area contributed by atoms with Crippen molar-refractivity contribution in [2.24, 2.45) is 4.99 Å². The molecule has 1 fully saturated rings. The molecule has 1 aliphatic heterocycles. The number of piperazine rings is 1. The summed E-state index contributed by atoms with van der Waals surface area (Å²) in [5, 5.41) is 6.55. The Kier molecular flexibility index (Phi) is 10.1. The fourth-order valence-corrected chi connectivity index (χ4v) is 3.09. The first-order valence-corrected chi connectivity index (χ1v) is 9.76. The minimum atomic E-state index is -0.220. The quantitative estimate of drug-likeness (QED) is 0.336. The first-order valence-electron chi connectivity index (χ1n) is 9.76. The summed E-state index contributed by atoms with van der Waals surface area (Å²) in [5.41, 5.74) is 0.596. The Hall–Kier alpha value is -2.01. The zero-order valence-electron chi connectivity index (χ0n) is 16.7. The maximum absolute atomic E-state index is 13.7. The molecule has 158 valence electrons. The molecule has 0 atom stereocenters. The highest BCUT2D eigenvalue weighted by molar-refractivity contribution is 14.0. The third kappa shape index (κ3) is 7.39. The van der Waals surface area contributed by atoms with E-state index in [0.29, 0.717) is 18.1 Å². The number of hydrogen-bond donors (Lipinski definition) is 2. The van der Waals surface area contributed by atoms with Crippen LogP contribution >= 0.6 is 24.0 Å². The molecule has 29 heavy (non-hydrogen) atoms. The molecule has 2 N–H and O–H groups in total. The van der Waals surface area contributed by atoms with Crippen LogP contribution in [0.25, 0.3) is 0 Å². The lowest BCUT2D eigenvalue weighted by Gasteiger charge is -2.34. The zero-order chi connectivity index (χ0) is 19.6. The number of aromatic nitrogens is 2. The van der Waals surface area contributed by atoms with Crippen LogP contribution in [0.1, 0.15) is 12.5 Å². The number of rotatable bonds is 7. The summed E-state index contributed by atoms with van der Waals surface area (Å²) in [6, 6.07) is 8.58. The first-order chi connectivity index (χ1) is 13.8. The molecule has 2 heterocycles. The van der Waals surface area contributed by atoms with Gasteiger partial charge in [0.05, 0.1) is 6.54 Å². The molecule has 0 radical (unpaired) electrons. The largest absolute Gasteiger partial charge is 0.357 e. The molecule has 0 unspecified atom stereocenters. The van der Waals surface area contributed by atoms with Crippen molar-refractivity contribution < 1.29 is 4.39 Å². The normalized spacial score (nSPS) is 15.0. The van der Waals surface area contributed by atoms with Crippen LogP contribution < -0.4 is 15.5 Å². The van der Waals surface area contributed by atoms with Crippen molar-refractivity contribution in [1.82, 2.24) is 25.5 Å². The molecular formula is C20H29FIN7. The maximum Gasteiger partial charge on any atom is 0.225 e. The van der Waals surface area contributed by atoms with E-state index in [-0.39, 0.29) is 29.8 Å². The van der Waals surface area contributed by atoms with Crippen LogP contribution in [-0.2, 0) is 6.54 Å². The highest BCUT2D eigenvalue weighted by Crippen LogP contribution is 2.09. The monoisotopic (exact) mass is 513 g/mol. The fraction of sp³-hybridized carbons (Fsp3) is 0.450. The lowest BCUT2D eigenvalue weighted by Crippen LogP contribution is -2.49. The average Bonchev–Trinajstić information content (AvgIpc) is 2.74. The number of nitrogens with zero attached hydrogens (tertiary/aromatic N) is 5. The Bertz CT molecular complexity index is 752. The van der Waals surface area contributed by atoms with Gasteiger partial charge in [0.25, 0.3) is 0 Å². The Labute approximate surface area is 188 Å². The Morgan fingerprint density at radius 1 is 1.07 bits per heavy atom. The highest BCUT2D eigenvalue weighted by Gasteiger charge is 2.18. The summed E-state index contributed by atoms with van der Waals surface area (Å²) >= 11 is 0. The van der Waals surface area contributed by atoms with E-state index in [4.69, 9.17) is 0 Å². The molecule has 2 aromatic rings. The molecule has 0 aliphatic carbocycles. The average molecular weight is 513 g/mol. The Morgan fingerprint density at radius 3 is 2.48 bits per heavy atom. The Morgan fingerprint density at radius 2 is 1.79 bits per heavy atom. The van der Waals surface area contributed by atoms with E-state index in [1.54, 1.807) is 24.5 Å². The molecule has 0 spiro atoms. The van der Waals surface area contributed by atoms with E-state index in [2.05, 4.69) is 35.4 Å². The minimum absolute atomic E-state index is 0. The van der Waals surface area contributed by atoms with Gasteiger partial charge >= 0.3 is 0 Å². The van der Waals surface area contributed by atoms with Crippen LogP contribution in [0.2, 0.25) is 0 Å². The fourth-order valence-electron chi connectivity index (χ4n) is 3.09. The summed E-state index contributed by atoms with van der Waals surface area (Å²) in [6.07, 6.45) is 3.56. The second kappa shape index (κ2) is 12.5. The molecule has 7 nitrogen and oxygen atoms in total. The van der Waals surface area contributed by atoms with Gasteiger partial charge < -0.3 is 15.5 Å². The highest BCUT2D eigenvalue weighted by atomic mass is 127. The van der Waals surface area contributed by atoms with Gasteiger partial charge in [0.1, 0.15) is 5.82 Å². The number of guanidine groups is 1. The number of halogens is 2. The molecule has 0 amide bonds. The van der Waals surface area contributed by atoms with Crippen molar-refractivity contribution in [2.75, 3.05) is 50.7 Å². The molecule has 1 aromatic heterocycles. The van der Waals surface area contributed by atoms with Crippen LogP contribution in [0.4, 0.5) is 10.3 Å². The first kappa shape index (κ1) is 23.3. The number of anilines is 1. The van der Waals surface area contributed by atoms with E-state index in [1.807, 2.05) is 19.1 Å². The van der Waals surface area contributed by atoms with Crippen molar-refractivity contribution in [3.63, 3.8) is 0 Å². The van der Waals surface area contributed by atoms with Crippen molar-refractivity contribution in [3.05, 3.63) is 54.1 Å². The van der Waals surface area contributed by atoms with Crippen LogP contribution in [0, 0.1) is 5.82 Å². The summed E-state index contributed by atoms with van der Waals surface area (Å²) < 4.78 is 13.7. The lowest BCUT2D eigenvalue weighted by molar-refractivity contribution is 0.260. The number of benzene rings is 1. The van der Waals surface area contributed by atoms with Crippen molar-refractivity contribution >= 4 is 35.9 Å². The zero-order valence-corrected chi connectivity index (χ0v) is 19.1. The standard InChI is InChI=1S/C20H28FN7.HI/c1-2-22-19(26-16-17-6-3-4-7-18(17)21)23-10-11-27-12-14-28(15-13-27)20-24-8-5-9-25-20;/h3-9H,2,10-16H2,1H3,(H2,22,23,26);1H. The molecule has 0 bridgehead atoms. The summed E-state index contributed by atoms with van der Waals surface area (Å²) in [6.45, 7) is 8.60. The van der Waals surface area contributed by atoms with Gasteiger partial charge in [0.2, 0.25) is 5.95 Å². The van der Waals surface area contributed by atoms with E-state index in [0.717, 1.165) is 51.8 Å². The van der Waals surface area contributed by atoms with Gasteiger partial charge in [-0.2, -0.15) is 0 Å². The van der Waals surface area contributed by atoms with Gasteiger partial charge in [-0.3, -0.25) is 4.90 Å². The van der Waals surface area contributed by atoms with Gasteiger partial charge in [0, 0.05) is 63.8 Å². The van der Waals surface area contributed by atoms with Crippen LogP contribution in [0.3, 0.4) is 0 Å². The van der Waals surface area contributed by atoms with Crippen LogP contribution in [0.15, 0.2) is 47.7 Å².